The van der Waals surface area contributed by atoms with E-state index >= 15 is 0 Å². The van der Waals surface area contributed by atoms with E-state index in [1.807, 2.05) is 6.92 Å². The number of aryl methyl sites for hydroxylation is 1. The molecule has 4 nitrogen and oxygen atoms in total. The maximum Gasteiger partial charge on any atom is 0.313 e. The van der Waals surface area contributed by atoms with E-state index in [2.05, 4.69) is 0 Å². The first-order valence-electron chi connectivity index (χ1n) is 4.28. The summed E-state index contributed by atoms with van der Waals surface area (Å²) >= 11 is 0. The number of carbonyl (C=O) groups excluding carboxylic acids is 1. The Bertz CT molecular complexity index is 312. The topological polar surface area (TPSA) is 42.7 Å². The molecular formula is C9H11NO3. The summed E-state index contributed by atoms with van der Waals surface area (Å²) in [4.78, 5) is 16.7. The highest BCUT2D eigenvalue weighted by molar-refractivity contribution is 5.90. The molecule has 0 spiro atoms. The van der Waals surface area contributed by atoms with Gasteiger partial charge >= 0.3 is 5.91 Å². The first-order valence-corrected chi connectivity index (χ1v) is 4.28. The third-order valence-electron chi connectivity index (χ3n) is 1.93. The van der Waals surface area contributed by atoms with Crippen molar-refractivity contribution in [2.24, 2.45) is 0 Å². The first kappa shape index (κ1) is 8.31. The Morgan fingerprint density at radius 1 is 1.54 bits per heavy atom. The lowest BCUT2D eigenvalue weighted by atomic mass is 10.4. The fourth-order valence-corrected chi connectivity index (χ4v) is 1.28. The second kappa shape index (κ2) is 3.22. The average molecular weight is 181 g/mol. The maximum absolute atomic E-state index is 11.6. The number of furan rings is 1. The Labute approximate surface area is 76.0 Å². The summed E-state index contributed by atoms with van der Waals surface area (Å²) in [5, 5.41) is 1.35. The highest BCUT2D eigenvalue weighted by atomic mass is 16.7. The molecule has 0 saturated carbocycles. The molecule has 1 saturated heterocycles. The summed E-state index contributed by atoms with van der Waals surface area (Å²) in [5.74, 6) is 0.896. The summed E-state index contributed by atoms with van der Waals surface area (Å²) < 4.78 is 5.19. The van der Waals surface area contributed by atoms with E-state index in [1.54, 1.807) is 12.1 Å². The van der Waals surface area contributed by atoms with Crippen molar-refractivity contribution in [3.8, 4) is 0 Å². The number of nitrogens with zero attached hydrogens (tertiary/aromatic N) is 1. The lowest BCUT2D eigenvalue weighted by molar-refractivity contribution is -0.0784. The summed E-state index contributed by atoms with van der Waals surface area (Å²) in [6, 6.07) is 3.43. The van der Waals surface area contributed by atoms with Gasteiger partial charge in [0, 0.05) is 0 Å². The van der Waals surface area contributed by atoms with Gasteiger partial charge in [-0.15, -0.1) is 0 Å². The van der Waals surface area contributed by atoms with Gasteiger partial charge in [0.2, 0.25) is 0 Å². The van der Waals surface area contributed by atoms with Crippen molar-refractivity contribution in [1.29, 1.82) is 0 Å². The molecule has 1 aliphatic heterocycles. The third kappa shape index (κ3) is 1.58. The van der Waals surface area contributed by atoms with Crippen LogP contribution in [0.3, 0.4) is 0 Å². The van der Waals surface area contributed by atoms with Gasteiger partial charge in [-0.3, -0.25) is 9.63 Å². The van der Waals surface area contributed by atoms with Gasteiger partial charge in [0.25, 0.3) is 0 Å². The van der Waals surface area contributed by atoms with Gasteiger partial charge in [0.1, 0.15) is 5.76 Å². The summed E-state index contributed by atoms with van der Waals surface area (Å²) in [6.07, 6.45) is 0.894. The monoisotopic (exact) mass is 181 g/mol. The van der Waals surface area contributed by atoms with Crippen molar-refractivity contribution < 1.29 is 14.0 Å². The van der Waals surface area contributed by atoms with Gasteiger partial charge in [-0.25, -0.2) is 5.06 Å². The summed E-state index contributed by atoms with van der Waals surface area (Å²) in [6.45, 7) is 3.08. The molecule has 0 bridgehead atoms. The number of hydrogen-bond donors (Lipinski definition) is 0. The SMILES string of the molecule is Cc1ccc(C(=O)N2CCCO2)o1. The van der Waals surface area contributed by atoms with Crippen LogP contribution < -0.4 is 0 Å². The quantitative estimate of drug-likeness (QED) is 0.657. The van der Waals surface area contributed by atoms with Crippen molar-refractivity contribution in [3.63, 3.8) is 0 Å². The predicted octanol–water partition coefficient (Wildman–Crippen LogP) is 1.37. The molecule has 0 aliphatic carbocycles. The first-order chi connectivity index (χ1) is 6.27. The molecule has 1 amide bonds. The Morgan fingerprint density at radius 3 is 2.92 bits per heavy atom. The van der Waals surface area contributed by atoms with Gasteiger partial charge in [-0.05, 0) is 25.5 Å². The molecule has 0 atom stereocenters. The van der Waals surface area contributed by atoms with Gasteiger partial charge < -0.3 is 4.42 Å². The minimum Gasteiger partial charge on any atom is -0.456 e. The zero-order valence-electron chi connectivity index (χ0n) is 7.45. The van der Waals surface area contributed by atoms with Gasteiger partial charge in [-0.1, -0.05) is 0 Å². The van der Waals surface area contributed by atoms with E-state index in [1.165, 1.54) is 5.06 Å². The second-order valence-corrected chi connectivity index (χ2v) is 3.00. The van der Waals surface area contributed by atoms with E-state index in [4.69, 9.17) is 9.25 Å². The fraction of sp³-hybridized carbons (Fsp3) is 0.444. The fourth-order valence-electron chi connectivity index (χ4n) is 1.28. The lowest BCUT2D eigenvalue weighted by Gasteiger charge is -2.11. The van der Waals surface area contributed by atoms with Crippen LogP contribution in [0, 0.1) is 6.92 Å². The molecule has 0 unspecified atom stereocenters. The molecule has 70 valence electrons. The van der Waals surface area contributed by atoms with Crippen LogP contribution in [0.1, 0.15) is 22.7 Å². The molecule has 4 heteroatoms. The van der Waals surface area contributed by atoms with Crippen LogP contribution in [-0.4, -0.2) is 24.1 Å². The van der Waals surface area contributed by atoms with Crippen LogP contribution in [0.25, 0.3) is 0 Å². The van der Waals surface area contributed by atoms with Crippen LogP contribution >= 0.6 is 0 Å². The van der Waals surface area contributed by atoms with Crippen LogP contribution in [-0.2, 0) is 4.84 Å². The predicted molar refractivity (Wildman–Crippen MR) is 45.1 cm³/mol. The van der Waals surface area contributed by atoms with E-state index in [0.717, 1.165) is 12.2 Å². The van der Waals surface area contributed by atoms with Gasteiger partial charge in [0.15, 0.2) is 5.76 Å². The molecule has 13 heavy (non-hydrogen) atoms. The van der Waals surface area contributed by atoms with E-state index in [0.29, 0.717) is 18.9 Å². The maximum atomic E-state index is 11.6. The van der Waals surface area contributed by atoms with E-state index < -0.39 is 0 Å². The molecular weight excluding hydrogens is 170 g/mol. The molecule has 2 heterocycles. The Kier molecular flexibility index (Phi) is 2.06. The van der Waals surface area contributed by atoms with Crippen molar-refractivity contribution >= 4 is 5.91 Å². The zero-order valence-corrected chi connectivity index (χ0v) is 7.45. The minimum absolute atomic E-state index is 0.189. The second-order valence-electron chi connectivity index (χ2n) is 3.00. The van der Waals surface area contributed by atoms with Crippen molar-refractivity contribution in [2.45, 2.75) is 13.3 Å². The zero-order chi connectivity index (χ0) is 9.26. The molecule has 1 aliphatic rings. The largest absolute Gasteiger partial charge is 0.456 e. The Hall–Kier alpha value is -1.29. The standard InChI is InChI=1S/C9H11NO3/c1-7-3-4-8(13-7)9(11)10-5-2-6-12-10/h3-4H,2,5-6H2,1H3. The Balaban J connectivity index is 2.12. The number of rotatable bonds is 1. The normalized spacial score (nSPS) is 16.5. The summed E-state index contributed by atoms with van der Waals surface area (Å²) in [7, 11) is 0. The van der Waals surface area contributed by atoms with Crippen molar-refractivity contribution in [1.82, 2.24) is 5.06 Å². The molecule has 1 aromatic rings. The average Bonchev–Trinajstić information content (AvgIpc) is 2.72. The molecule has 0 N–H and O–H groups in total. The molecule has 0 radical (unpaired) electrons. The van der Waals surface area contributed by atoms with Gasteiger partial charge in [-0.2, -0.15) is 0 Å². The van der Waals surface area contributed by atoms with Crippen LogP contribution in [0.2, 0.25) is 0 Å². The van der Waals surface area contributed by atoms with E-state index in [-0.39, 0.29) is 5.91 Å². The Morgan fingerprint density at radius 2 is 2.38 bits per heavy atom. The highest BCUT2D eigenvalue weighted by Gasteiger charge is 2.22. The molecule has 1 fully saturated rings. The van der Waals surface area contributed by atoms with Crippen molar-refractivity contribution in [3.05, 3.63) is 23.7 Å². The molecule has 2 rings (SSSR count). The minimum atomic E-state index is -0.189. The molecule has 0 aromatic carbocycles. The van der Waals surface area contributed by atoms with Crippen LogP contribution in [0.4, 0.5) is 0 Å². The number of carbonyl (C=O) groups is 1. The van der Waals surface area contributed by atoms with Crippen LogP contribution in [0.5, 0.6) is 0 Å². The molecule has 1 aromatic heterocycles. The van der Waals surface area contributed by atoms with Gasteiger partial charge in [0.05, 0.1) is 13.2 Å². The third-order valence-corrected chi connectivity index (χ3v) is 1.93. The number of hydrogen-bond acceptors (Lipinski definition) is 3. The smallest absolute Gasteiger partial charge is 0.313 e. The summed E-state index contributed by atoms with van der Waals surface area (Å²) in [5.41, 5.74) is 0. The van der Waals surface area contributed by atoms with E-state index in [9.17, 15) is 4.79 Å². The number of hydroxylamine groups is 2. The highest BCUT2D eigenvalue weighted by Crippen LogP contribution is 2.13. The lowest BCUT2D eigenvalue weighted by Crippen LogP contribution is -2.25. The van der Waals surface area contributed by atoms with Crippen LogP contribution in [0.15, 0.2) is 16.5 Å². The number of amides is 1. The van der Waals surface area contributed by atoms with Crippen molar-refractivity contribution in [2.75, 3.05) is 13.2 Å².